The Hall–Kier alpha value is -4.64. The van der Waals surface area contributed by atoms with E-state index < -0.39 is 5.41 Å². The molecule has 50 heavy (non-hydrogen) atoms. The van der Waals surface area contributed by atoms with Crippen molar-refractivity contribution in [3.05, 3.63) is 87.9 Å². The zero-order valence-corrected chi connectivity index (χ0v) is 29.6. The van der Waals surface area contributed by atoms with Crippen molar-refractivity contribution in [2.45, 2.75) is 62.6 Å². The van der Waals surface area contributed by atoms with Gasteiger partial charge in [-0.1, -0.05) is 23.9 Å². The number of tetrazole rings is 1. The quantitative estimate of drug-likeness (QED) is 0.149. The summed E-state index contributed by atoms with van der Waals surface area (Å²) in [6.07, 6.45) is 3.94. The van der Waals surface area contributed by atoms with E-state index in [9.17, 15) is 14.9 Å². The number of carbonyl (C=O) groups excluding carboxylic acids is 2. The molecule has 264 valence electrons. The molecule has 2 fully saturated rings. The van der Waals surface area contributed by atoms with Gasteiger partial charge in [-0.15, -0.1) is 10.2 Å². The number of likely N-dealkylation sites (tertiary alicyclic amines) is 1. The number of aryl methyl sites for hydroxylation is 2. The number of aromatic amines is 1. The number of H-pyrrole nitrogens is 1. The molecular formula is C37H49N11O2. The zero-order valence-electron chi connectivity index (χ0n) is 29.6. The number of nitriles is 1. The molecule has 1 saturated heterocycles. The Morgan fingerprint density at radius 3 is 2.30 bits per heavy atom. The van der Waals surface area contributed by atoms with Crippen LogP contribution in [0.5, 0.6) is 0 Å². The van der Waals surface area contributed by atoms with Crippen molar-refractivity contribution >= 4 is 11.8 Å². The number of likely N-dealkylation sites (N-methyl/N-ethyl adjacent to an activating group) is 2. The normalized spacial score (nSPS) is 22.5. The lowest BCUT2D eigenvalue weighted by Crippen LogP contribution is -2.42. The average Bonchev–Trinajstić information content (AvgIpc) is 3.49. The van der Waals surface area contributed by atoms with Crippen LogP contribution >= 0.6 is 0 Å². The van der Waals surface area contributed by atoms with Crippen LogP contribution in [0.4, 0.5) is 0 Å². The molecule has 13 heteroatoms. The number of benzene rings is 2. The van der Waals surface area contributed by atoms with Crippen molar-refractivity contribution in [3.8, 4) is 6.07 Å². The Morgan fingerprint density at radius 1 is 1.06 bits per heavy atom. The van der Waals surface area contributed by atoms with E-state index in [-0.39, 0.29) is 23.9 Å². The van der Waals surface area contributed by atoms with Crippen LogP contribution in [-0.4, -0.2) is 114 Å². The first-order valence-corrected chi connectivity index (χ1v) is 17.6. The molecule has 3 aliphatic rings. The summed E-state index contributed by atoms with van der Waals surface area (Å²) in [6.45, 7) is 9.55. The average molecular weight is 680 g/mol. The Morgan fingerprint density at radius 2 is 1.72 bits per heavy atom. The predicted molar refractivity (Wildman–Crippen MR) is 190 cm³/mol. The molecule has 5 N–H and O–H groups in total. The first kappa shape index (κ1) is 35.2. The fourth-order valence-electron chi connectivity index (χ4n) is 7.87. The van der Waals surface area contributed by atoms with Crippen LogP contribution in [0.1, 0.15) is 75.0 Å². The number of amides is 2. The minimum atomic E-state index is -0.854. The molecule has 2 amide bonds. The highest BCUT2D eigenvalue weighted by molar-refractivity contribution is 5.95. The van der Waals surface area contributed by atoms with Crippen LogP contribution in [0.2, 0.25) is 0 Å². The standard InChI is InChI=1S/C37H49N11O2/c1-23(42-22-24(2)48-30(21-38)18-29-19-33(29)48)20-37(36-43-45-46-44-36)31-10-8-27(34(49)40-13-12-39-3)16-25(31)6-7-26-17-28(9-11-32(26)37)35(50)41-14-15-47(4)5/h8-11,16-17,23,29-30,33,39,42H,2,6-7,12-15,18-20,22H2,1,3-5H3,(H,40,49)(H,41,50)(H,43,44,45,46)/t23-,29+,30?,33-,37?/m0/s1. The van der Waals surface area contributed by atoms with Gasteiger partial charge < -0.3 is 31.1 Å². The number of nitrogens with one attached hydrogen (secondary N) is 5. The number of hydrogen-bond donors (Lipinski definition) is 5. The number of nitrogens with zero attached hydrogens (tertiary/aromatic N) is 6. The van der Waals surface area contributed by atoms with Gasteiger partial charge >= 0.3 is 0 Å². The van der Waals surface area contributed by atoms with E-state index in [1.54, 1.807) is 0 Å². The van der Waals surface area contributed by atoms with Crippen molar-refractivity contribution in [1.82, 2.24) is 51.7 Å². The Labute approximate surface area is 294 Å². The van der Waals surface area contributed by atoms with Gasteiger partial charge in [-0.3, -0.25) is 9.59 Å². The maximum atomic E-state index is 13.3. The SMILES string of the molecule is C=C(CN[C@@H](C)CC1(c2nn[nH]n2)c2ccc(C(=O)NCCNC)cc2CCc2cc(C(=O)NCCN(C)C)ccc21)N1C(C#N)C[C@@H]2C[C@@H]21. The lowest BCUT2D eigenvalue weighted by atomic mass is 9.67. The highest BCUT2D eigenvalue weighted by Crippen LogP contribution is 2.49. The van der Waals surface area contributed by atoms with Crippen molar-refractivity contribution in [2.75, 3.05) is 53.9 Å². The van der Waals surface area contributed by atoms with Crippen molar-refractivity contribution in [2.24, 2.45) is 5.92 Å². The molecule has 2 aliphatic carbocycles. The van der Waals surface area contributed by atoms with Gasteiger partial charge in [0.1, 0.15) is 6.04 Å². The summed E-state index contributed by atoms with van der Waals surface area (Å²) in [5, 5.41) is 38.5. The summed E-state index contributed by atoms with van der Waals surface area (Å²) in [4.78, 5) is 30.7. The lowest BCUT2D eigenvalue weighted by molar-refractivity contribution is 0.0944. The fourth-order valence-corrected chi connectivity index (χ4v) is 7.87. The second-order valence-corrected chi connectivity index (χ2v) is 14.2. The second-order valence-electron chi connectivity index (χ2n) is 14.2. The highest BCUT2D eigenvalue weighted by atomic mass is 16.2. The van der Waals surface area contributed by atoms with Gasteiger partial charge in [0, 0.05) is 61.6 Å². The number of aromatic nitrogens is 4. The molecule has 1 aromatic heterocycles. The van der Waals surface area contributed by atoms with E-state index in [4.69, 9.17) is 0 Å². The van der Waals surface area contributed by atoms with Crippen LogP contribution in [-0.2, 0) is 18.3 Å². The molecule has 2 aromatic carbocycles. The van der Waals surface area contributed by atoms with Crippen LogP contribution in [0.25, 0.3) is 0 Å². The van der Waals surface area contributed by atoms with Gasteiger partial charge in [-0.25, -0.2) is 0 Å². The van der Waals surface area contributed by atoms with E-state index >= 15 is 0 Å². The largest absolute Gasteiger partial charge is 0.355 e. The first-order valence-electron chi connectivity index (χ1n) is 17.6. The molecule has 3 aromatic rings. The molecule has 5 atom stereocenters. The first-order chi connectivity index (χ1) is 24.2. The molecule has 1 saturated carbocycles. The summed E-state index contributed by atoms with van der Waals surface area (Å²) in [5.41, 5.74) is 5.32. The topological polar surface area (TPSA) is 167 Å². The Balaban J connectivity index is 1.36. The molecular weight excluding hydrogens is 630 g/mol. The second kappa shape index (κ2) is 15.1. The maximum Gasteiger partial charge on any atom is 0.251 e. The van der Waals surface area contributed by atoms with Crippen LogP contribution in [0.3, 0.4) is 0 Å². The number of hydrogen-bond acceptors (Lipinski definition) is 10. The van der Waals surface area contributed by atoms with Gasteiger partial charge in [0.25, 0.3) is 11.8 Å². The molecule has 2 heterocycles. The van der Waals surface area contributed by atoms with E-state index in [0.717, 1.165) is 47.3 Å². The minimum Gasteiger partial charge on any atom is -0.355 e. The monoisotopic (exact) mass is 679 g/mol. The number of rotatable bonds is 15. The van der Waals surface area contributed by atoms with Crippen LogP contribution in [0, 0.1) is 17.2 Å². The van der Waals surface area contributed by atoms with Crippen molar-refractivity contribution in [1.29, 1.82) is 5.26 Å². The van der Waals surface area contributed by atoms with Crippen LogP contribution in [0.15, 0.2) is 48.7 Å². The van der Waals surface area contributed by atoms with Gasteiger partial charge in [0.15, 0.2) is 5.82 Å². The fraction of sp³-hybridized carbons (Fsp3) is 0.514. The summed E-state index contributed by atoms with van der Waals surface area (Å²) in [5.74, 6) is 0.875. The molecule has 0 radical (unpaired) electrons. The Bertz CT molecular complexity index is 1750. The number of fused-ring (bicyclic) bond motifs is 3. The highest BCUT2D eigenvalue weighted by Gasteiger charge is 2.52. The third-order valence-corrected chi connectivity index (χ3v) is 10.4. The molecule has 13 nitrogen and oxygen atoms in total. The van der Waals surface area contributed by atoms with Gasteiger partial charge in [0.2, 0.25) is 0 Å². The summed E-state index contributed by atoms with van der Waals surface area (Å²) in [7, 11) is 5.81. The van der Waals surface area contributed by atoms with E-state index in [0.29, 0.717) is 74.4 Å². The molecule has 6 rings (SSSR count). The van der Waals surface area contributed by atoms with Gasteiger partial charge in [-0.2, -0.15) is 10.5 Å². The van der Waals surface area contributed by atoms with Crippen LogP contribution < -0.4 is 21.3 Å². The smallest absolute Gasteiger partial charge is 0.251 e. The third-order valence-electron chi connectivity index (χ3n) is 10.4. The van der Waals surface area contributed by atoms with Crippen molar-refractivity contribution < 1.29 is 9.59 Å². The molecule has 2 unspecified atom stereocenters. The third kappa shape index (κ3) is 7.14. The lowest BCUT2D eigenvalue weighted by Gasteiger charge is -2.37. The van der Waals surface area contributed by atoms with Crippen molar-refractivity contribution in [3.63, 3.8) is 0 Å². The summed E-state index contributed by atoms with van der Waals surface area (Å²) >= 11 is 0. The van der Waals surface area contributed by atoms with Gasteiger partial charge in [-0.05, 0) is 113 Å². The Kier molecular flexibility index (Phi) is 10.6. The predicted octanol–water partition coefficient (Wildman–Crippen LogP) is 1.74. The van der Waals surface area contributed by atoms with E-state index in [1.807, 2.05) is 62.4 Å². The maximum absolute atomic E-state index is 13.3. The van der Waals surface area contributed by atoms with E-state index in [2.05, 4.69) is 66.4 Å². The van der Waals surface area contributed by atoms with Gasteiger partial charge in [0.05, 0.1) is 11.5 Å². The summed E-state index contributed by atoms with van der Waals surface area (Å²) < 4.78 is 0. The molecule has 1 aliphatic heterocycles. The number of carbonyl (C=O) groups is 2. The molecule has 0 bridgehead atoms. The molecule has 0 spiro atoms. The minimum absolute atomic E-state index is 0.0549. The zero-order chi connectivity index (χ0) is 35.4. The summed E-state index contributed by atoms with van der Waals surface area (Å²) in [6, 6.07) is 14.5. The number of piperidine rings is 1. The van der Waals surface area contributed by atoms with E-state index in [1.165, 1.54) is 0 Å².